The van der Waals surface area contributed by atoms with Gasteiger partial charge in [0.2, 0.25) is 0 Å². The quantitative estimate of drug-likeness (QED) is 0.102. The molecule has 0 aliphatic carbocycles. The first-order chi connectivity index (χ1) is 15.7. The van der Waals surface area contributed by atoms with Gasteiger partial charge in [-0.3, -0.25) is 4.79 Å². The lowest BCUT2D eigenvalue weighted by Crippen LogP contribution is -2.20. The summed E-state index contributed by atoms with van der Waals surface area (Å²) < 4.78 is 5.61. The van der Waals surface area contributed by atoms with E-state index in [-0.39, 0.29) is 5.97 Å². The highest BCUT2D eigenvalue weighted by molar-refractivity contribution is 5.69. The molecule has 0 spiro atoms. The molecule has 0 amide bonds. The average Bonchev–Trinajstić information content (AvgIpc) is 2.78. The molecule has 0 aromatic rings. The van der Waals surface area contributed by atoms with E-state index in [9.17, 15) is 4.79 Å². The first-order valence-corrected chi connectivity index (χ1v) is 14.8. The maximum absolute atomic E-state index is 12.1. The number of unbranched alkanes of at least 4 members (excludes halogenated alkanes) is 16. The summed E-state index contributed by atoms with van der Waals surface area (Å²) in [5.74, 6) is 1.23. The van der Waals surface area contributed by atoms with Crippen LogP contribution in [0.5, 0.6) is 0 Å². The molecule has 0 rings (SSSR count). The molecule has 0 fully saturated rings. The minimum Gasteiger partial charge on any atom is -0.465 e. The van der Waals surface area contributed by atoms with Gasteiger partial charge in [0.25, 0.3) is 0 Å². The first kappa shape index (κ1) is 31.5. The molecule has 2 nitrogen and oxygen atoms in total. The van der Waals surface area contributed by atoms with Gasteiger partial charge in [-0.2, -0.15) is 0 Å². The van der Waals surface area contributed by atoms with Crippen LogP contribution in [0.4, 0.5) is 0 Å². The SMILES string of the molecule is CCCCCCCCCCCCCCCCCCCC(=O)OCC(CCC)C(C)CCC. The Bertz CT molecular complexity index is 379. The predicted molar refractivity (Wildman–Crippen MR) is 142 cm³/mol. The minimum absolute atomic E-state index is 0.0239. The molecule has 0 aliphatic heterocycles. The van der Waals surface area contributed by atoms with Gasteiger partial charge in [-0.05, 0) is 24.7 Å². The zero-order chi connectivity index (χ0) is 23.7. The third kappa shape index (κ3) is 21.3. The summed E-state index contributed by atoms with van der Waals surface area (Å²) in [5.41, 5.74) is 0. The van der Waals surface area contributed by atoms with Crippen LogP contribution in [-0.2, 0) is 9.53 Å². The third-order valence-electron chi connectivity index (χ3n) is 7.15. The second-order valence-corrected chi connectivity index (χ2v) is 10.4. The van der Waals surface area contributed by atoms with Gasteiger partial charge in [-0.1, -0.05) is 150 Å². The van der Waals surface area contributed by atoms with E-state index in [1.807, 2.05) is 0 Å². The number of carbonyl (C=O) groups excluding carboxylic acids is 1. The third-order valence-corrected chi connectivity index (χ3v) is 7.15. The molecule has 32 heavy (non-hydrogen) atoms. The van der Waals surface area contributed by atoms with Gasteiger partial charge < -0.3 is 4.74 Å². The van der Waals surface area contributed by atoms with Crippen LogP contribution in [-0.4, -0.2) is 12.6 Å². The van der Waals surface area contributed by atoms with Crippen LogP contribution in [0.15, 0.2) is 0 Å². The van der Waals surface area contributed by atoms with Gasteiger partial charge in [-0.15, -0.1) is 0 Å². The van der Waals surface area contributed by atoms with E-state index in [0.29, 0.717) is 24.9 Å². The Morgan fingerprint density at radius 3 is 1.38 bits per heavy atom. The van der Waals surface area contributed by atoms with Crippen molar-refractivity contribution in [2.24, 2.45) is 11.8 Å². The van der Waals surface area contributed by atoms with E-state index < -0.39 is 0 Å². The van der Waals surface area contributed by atoms with Crippen LogP contribution in [0.2, 0.25) is 0 Å². The topological polar surface area (TPSA) is 26.3 Å². The van der Waals surface area contributed by atoms with Crippen LogP contribution in [0, 0.1) is 11.8 Å². The lowest BCUT2D eigenvalue weighted by atomic mass is 9.87. The van der Waals surface area contributed by atoms with Gasteiger partial charge in [0.15, 0.2) is 0 Å². The van der Waals surface area contributed by atoms with Gasteiger partial charge in [0.05, 0.1) is 6.61 Å². The van der Waals surface area contributed by atoms with Crippen molar-refractivity contribution in [3.63, 3.8) is 0 Å². The molecule has 0 aromatic heterocycles. The maximum atomic E-state index is 12.1. The molecule has 0 saturated heterocycles. The zero-order valence-electron chi connectivity index (χ0n) is 22.7. The highest BCUT2D eigenvalue weighted by atomic mass is 16.5. The van der Waals surface area contributed by atoms with E-state index in [2.05, 4.69) is 27.7 Å². The van der Waals surface area contributed by atoms with E-state index in [4.69, 9.17) is 4.74 Å². The molecule has 0 saturated carbocycles. The number of esters is 1. The Hall–Kier alpha value is -0.530. The van der Waals surface area contributed by atoms with Crippen molar-refractivity contribution >= 4 is 5.97 Å². The fraction of sp³-hybridized carbons (Fsp3) is 0.967. The maximum Gasteiger partial charge on any atom is 0.305 e. The van der Waals surface area contributed by atoms with Crippen molar-refractivity contribution in [3.8, 4) is 0 Å². The summed E-state index contributed by atoms with van der Waals surface area (Å²) in [4.78, 5) is 12.1. The van der Waals surface area contributed by atoms with Crippen LogP contribution < -0.4 is 0 Å². The van der Waals surface area contributed by atoms with Crippen LogP contribution in [0.3, 0.4) is 0 Å². The fourth-order valence-electron chi connectivity index (χ4n) is 4.86. The molecular weight excluding hydrogens is 392 g/mol. The Balaban J connectivity index is 3.39. The molecule has 0 bridgehead atoms. The molecule has 2 heteroatoms. The lowest BCUT2D eigenvalue weighted by molar-refractivity contribution is -0.145. The molecule has 0 radical (unpaired) electrons. The number of carbonyl (C=O) groups is 1. The summed E-state index contributed by atoms with van der Waals surface area (Å²) in [5, 5.41) is 0. The largest absolute Gasteiger partial charge is 0.465 e. The van der Waals surface area contributed by atoms with E-state index in [1.165, 1.54) is 128 Å². The Morgan fingerprint density at radius 2 is 0.969 bits per heavy atom. The summed E-state index contributed by atoms with van der Waals surface area (Å²) in [6.07, 6.45) is 28.7. The fourth-order valence-corrected chi connectivity index (χ4v) is 4.86. The average molecular weight is 453 g/mol. The highest BCUT2D eigenvalue weighted by Gasteiger charge is 2.17. The van der Waals surface area contributed by atoms with Crippen molar-refractivity contribution in [2.75, 3.05) is 6.61 Å². The predicted octanol–water partition coefficient (Wildman–Crippen LogP) is 10.4. The molecule has 0 N–H and O–H groups in total. The second kappa shape index (κ2) is 25.1. The number of hydrogen-bond donors (Lipinski definition) is 0. The van der Waals surface area contributed by atoms with Crippen LogP contribution in [0.25, 0.3) is 0 Å². The second-order valence-electron chi connectivity index (χ2n) is 10.4. The zero-order valence-corrected chi connectivity index (χ0v) is 22.7. The number of rotatable bonds is 25. The van der Waals surface area contributed by atoms with E-state index >= 15 is 0 Å². The summed E-state index contributed by atoms with van der Waals surface area (Å²) in [7, 11) is 0. The van der Waals surface area contributed by atoms with Crippen LogP contribution in [0.1, 0.15) is 169 Å². The van der Waals surface area contributed by atoms with Crippen molar-refractivity contribution in [2.45, 2.75) is 169 Å². The summed E-state index contributed by atoms with van der Waals surface area (Å²) in [6.45, 7) is 9.70. The molecule has 2 atom stereocenters. The number of hydrogen-bond acceptors (Lipinski definition) is 2. The van der Waals surface area contributed by atoms with Gasteiger partial charge in [-0.25, -0.2) is 0 Å². The van der Waals surface area contributed by atoms with Gasteiger partial charge >= 0.3 is 5.97 Å². The van der Waals surface area contributed by atoms with Gasteiger partial charge in [0.1, 0.15) is 0 Å². The summed E-state index contributed by atoms with van der Waals surface area (Å²) >= 11 is 0. The lowest BCUT2D eigenvalue weighted by Gasteiger charge is -2.23. The van der Waals surface area contributed by atoms with Crippen molar-refractivity contribution in [1.29, 1.82) is 0 Å². The van der Waals surface area contributed by atoms with Gasteiger partial charge in [0, 0.05) is 6.42 Å². The molecule has 2 unspecified atom stereocenters. The number of ether oxygens (including phenoxy) is 1. The molecule has 192 valence electrons. The Kier molecular flexibility index (Phi) is 24.7. The molecule has 0 heterocycles. The molecule has 0 aliphatic rings. The monoisotopic (exact) mass is 452 g/mol. The smallest absolute Gasteiger partial charge is 0.305 e. The highest BCUT2D eigenvalue weighted by Crippen LogP contribution is 2.23. The molecular formula is C30H60O2. The Labute approximate surface area is 203 Å². The normalized spacial score (nSPS) is 13.2. The first-order valence-electron chi connectivity index (χ1n) is 14.8. The summed E-state index contributed by atoms with van der Waals surface area (Å²) in [6, 6.07) is 0. The van der Waals surface area contributed by atoms with E-state index in [1.54, 1.807) is 0 Å². The molecule has 0 aromatic carbocycles. The Morgan fingerprint density at radius 1 is 0.562 bits per heavy atom. The standard InChI is InChI=1S/C30H60O2/c1-5-8-9-10-11-12-13-14-15-16-17-18-19-20-21-22-23-26-30(31)32-27-29(25-7-3)28(4)24-6-2/h28-29H,5-27H2,1-4H3. The van der Waals surface area contributed by atoms with Crippen molar-refractivity contribution in [1.82, 2.24) is 0 Å². The van der Waals surface area contributed by atoms with Crippen LogP contribution >= 0.6 is 0 Å². The van der Waals surface area contributed by atoms with E-state index in [0.717, 1.165) is 6.42 Å². The van der Waals surface area contributed by atoms with Crippen molar-refractivity contribution in [3.05, 3.63) is 0 Å². The van der Waals surface area contributed by atoms with Crippen molar-refractivity contribution < 1.29 is 9.53 Å². The minimum atomic E-state index is 0.0239.